The Morgan fingerprint density at radius 2 is 2.08 bits per heavy atom. The molecule has 134 valence electrons. The van der Waals surface area contributed by atoms with E-state index in [2.05, 4.69) is 26.7 Å². The number of rotatable bonds is 6. The van der Waals surface area contributed by atoms with Crippen LogP contribution < -0.4 is 0 Å². The predicted octanol–water partition coefficient (Wildman–Crippen LogP) is 1.66. The molecule has 1 amide bonds. The van der Waals surface area contributed by atoms with Crippen molar-refractivity contribution in [2.24, 2.45) is 0 Å². The van der Waals surface area contributed by atoms with Gasteiger partial charge < -0.3 is 14.2 Å². The van der Waals surface area contributed by atoms with Crippen LogP contribution in [0.5, 0.6) is 0 Å². The van der Waals surface area contributed by atoms with Crippen molar-refractivity contribution in [3.8, 4) is 0 Å². The van der Waals surface area contributed by atoms with Crippen molar-refractivity contribution in [3.63, 3.8) is 0 Å². The summed E-state index contributed by atoms with van der Waals surface area (Å²) in [5.41, 5.74) is 0. The molecule has 1 saturated heterocycles. The highest BCUT2D eigenvalue weighted by Gasteiger charge is 2.31. The van der Waals surface area contributed by atoms with Crippen LogP contribution in [-0.2, 0) is 11.3 Å². The highest BCUT2D eigenvalue weighted by molar-refractivity contribution is 7.99. The van der Waals surface area contributed by atoms with Crippen molar-refractivity contribution in [1.29, 1.82) is 0 Å². The molecule has 8 heteroatoms. The fourth-order valence-electron chi connectivity index (χ4n) is 3.03. The summed E-state index contributed by atoms with van der Waals surface area (Å²) in [7, 11) is 2.09. The molecular weight excluding hydrogens is 338 g/mol. The summed E-state index contributed by atoms with van der Waals surface area (Å²) in [6.45, 7) is 4.12. The third-order valence-electron chi connectivity index (χ3n) is 4.76. The molecule has 0 N–H and O–H groups in total. The van der Waals surface area contributed by atoms with E-state index in [-0.39, 0.29) is 5.91 Å². The van der Waals surface area contributed by atoms with Crippen molar-refractivity contribution in [2.75, 3.05) is 39.0 Å². The Kier molecular flexibility index (Phi) is 4.80. The Bertz CT molecular complexity index is 717. The summed E-state index contributed by atoms with van der Waals surface area (Å²) in [5, 5.41) is 9.53. The minimum Gasteiger partial charge on any atom is -0.467 e. The van der Waals surface area contributed by atoms with E-state index in [1.54, 1.807) is 6.26 Å². The third kappa shape index (κ3) is 3.90. The SMILES string of the molecule is CN1CCN(C(=O)CSc2nnc(C3CC3)n2Cc2ccco2)CC1. The smallest absolute Gasteiger partial charge is 0.233 e. The second-order valence-corrected chi connectivity index (χ2v) is 7.70. The first-order valence-corrected chi connectivity index (χ1v) is 9.74. The molecule has 1 aliphatic heterocycles. The largest absolute Gasteiger partial charge is 0.467 e. The van der Waals surface area contributed by atoms with Gasteiger partial charge in [-0.1, -0.05) is 11.8 Å². The fourth-order valence-corrected chi connectivity index (χ4v) is 3.88. The monoisotopic (exact) mass is 361 g/mol. The van der Waals surface area contributed by atoms with E-state index >= 15 is 0 Å². The van der Waals surface area contributed by atoms with Crippen molar-refractivity contribution >= 4 is 17.7 Å². The van der Waals surface area contributed by atoms with Gasteiger partial charge in [-0.3, -0.25) is 9.36 Å². The number of furan rings is 1. The average Bonchev–Trinajstić information content (AvgIpc) is 3.18. The number of hydrogen-bond acceptors (Lipinski definition) is 6. The molecule has 2 aromatic heterocycles. The van der Waals surface area contributed by atoms with E-state index in [0.29, 0.717) is 18.2 Å². The van der Waals surface area contributed by atoms with Gasteiger partial charge in [0.1, 0.15) is 11.6 Å². The van der Waals surface area contributed by atoms with Gasteiger partial charge >= 0.3 is 0 Å². The molecule has 4 rings (SSSR count). The van der Waals surface area contributed by atoms with Crippen LogP contribution in [0.4, 0.5) is 0 Å². The summed E-state index contributed by atoms with van der Waals surface area (Å²) in [6.07, 6.45) is 4.02. The Morgan fingerprint density at radius 1 is 1.28 bits per heavy atom. The Hall–Kier alpha value is -1.80. The lowest BCUT2D eigenvalue weighted by atomic mass is 10.3. The van der Waals surface area contributed by atoms with Crippen molar-refractivity contribution in [2.45, 2.75) is 30.5 Å². The zero-order valence-electron chi connectivity index (χ0n) is 14.4. The number of nitrogens with zero attached hydrogens (tertiary/aromatic N) is 5. The van der Waals surface area contributed by atoms with Gasteiger partial charge in [0.05, 0.1) is 18.6 Å². The number of likely N-dealkylation sites (N-methyl/N-ethyl adjacent to an activating group) is 1. The molecule has 0 radical (unpaired) electrons. The summed E-state index contributed by atoms with van der Waals surface area (Å²) in [4.78, 5) is 16.7. The van der Waals surface area contributed by atoms with Crippen LogP contribution >= 0.6 is 11.8 Å². The van der Waals surface area contributed by atoms with E-state index in [9.17, 15) is 4.79 Å². The summed E-state index contributed by atoms with van der Waals surface area (Å²) in [6, 6.07) is 3.85. The molecule has 0 atom stereocenters. The van der Waals surface area contributed by atoms with E-state index in [0.717, 1.165) is 42.9 Å². The van der Waals surface area contributed by atoms with Gasteiger partial charge in [0.15, 0.2) is 5.16 Å². The van der Waals surface area contributed by atoms with E-state index < -0.39 is 0 Å². The molecule has 2 aliphatic rings. The van der Waals surface area contributed by atoms with Gasteiger partial charge in [-0.25, -0.2) is 0 Å². The van der Waals surface area contributed by atoms with Gasteiger partial charge in [-0.15, -0.1) is 10.2 Å². The number of aromatic nitrogens is 3. The number of thioether (sulfide) groups is 1. The van der Waals surface area contributed by atoms with Crippen LogP contribution in [0.1, 0.15) is 30.3 Å². The van der Waals surface area contributed by atoms with Crippen molar-refractivity contribution in [1.82, 2.24) is 24.6 Å². The summed E-state index contributed by atoms with van der Waals surface area (Å²) < 4.78 is 7.59. The van der Waals surface area contributed by atoms with E-state index in [1.165, 1.54) is 24.6 Å². The van der Waals surface area contributed by atoms with Crippen LogP contribution in [0.2, 0.25) is 0 Å². The van der Waals surface area contributed by atoms with Gasteiger partial charge in [0.2, 0.25) is 5.91 Å². The minimum absolute atomic E-state index is 0.179. The molecule has 0 unspecified atom stereocenters. The molecule has 0 bridgehead atoms. The molecule has 0 aromatic carbocycles. The molecular formula is C17H23N5O2S. The highest BCUT2D eigenvalue weighted by atomic mass is 32.2. The maximum absolute atomic E-state index is 12.5. The van der Waals surface area contributed by atoms with Crippen LogP contribution in [0.3, 0.4) is 0 Å². The van der Waals surface area contributed by atoms with E-state index in [1.807, 2.05) is 17.0 Å². The van der Waals surface area contributed by atoms with Gasteiger partial charge in [0.25, 0.3) is 0 Å². The van der Waals surface area contributed by atoms with Crippen molar-refractivity contribution in [3.05, 3.63) is 30.0 Å². The van der Waals surface area contributed by atoms with Crippen LogP contribution in [0.15, 0.2) is 28.0 Å². The third-order valence-corrected chi connectivity index (χ3v) is 5.71. The lowest BCUT2D eigenvalue weighted by Gasteiger charge is -2.32. The summed E-state index contributed by atoms with van der Waals surface area (Å²) >= 11 is 1.48. The normalized spacial score (nSPS) is 18.7. The molecule has 1 aliphatic carbocycles. The number of carbonyl (C=O) groups excluding carboxylic acids is 1. The predicted molar refractivity (Wildman–Crippen MR) is 94.6 cm³/mol. The Labute approximate surface area is 151 Å². The first-order chi connectivity index (χ1) is 12.2. The maximum atomic E-state index is 12.5. The van der Waals surface area contributed by atoms with Gasteiger partial charge in [-0.2, -0.15) is 0 Å². The average molecular weight is 361 g/mol. The second-order valence-electron chi connectivity index (χ2n) is 6.75. The molecule has 25 heavy (non-hydrogen) atoms. The Balaban J connectivity index is 1.42. The molecule has 2 fully saturated rings. The van der Waals surface area contributed by atoms with Crippen molar-refractivity contribution < 1.29 is 9.21 Å². The first kappa shape index (κ1) is 16.7. The molecule has 0 spiro atoms. The van der Waals surface area contributed by atoms with E-state index in [4.69, 9.17) is 4.42 Å². The van der Waals surface area contributed by atoms with Gasteiger partial charge in [-0.05, 0) is 32.0 Å². The number of carbonyl (C=O) groups is 1. The Morgan fingerprint density at radius 3 is 2.76 bits per heavy atom. The van der Waals surface area contributed by atoms with Crippen LogP contribution in [-0.4, -0.2) is 69.5 Å². The quantitative estimate of drug-likeness (QED) is 0.729. The maximum Gasteiger partial charge on any atom is 0.233 e. The zero-order valence-corrected chi connectivity index (χ0v) is 15.2. The van der Waals surface area contributed by atoms with Gasteiger partial charge in [0, 0.05) is 32.1 Å². The topological polar surface area (TPSA) is 67.4 Å². The number of hydrogen-bond donors (Lipinski definition) is 0. The first-order valence-electron chi connectivity index (χ1n) is 8.75. The summed E-state index contributed by atoms with van der Waals surface area (Å²) in [5.74, 6) is 2.99. The molecule has 7 nitrogen and oxygen atoms in total. The van der Waals surface area contributed by atoms with Crippen LogP contribution in [0, 0.1) is 0 Å². The molecule has 3 heterocycles. The molecule has 2 aromatic rings. The fraction of sp³-hybridized carbons (Fsp3) is 0.588. The number of amides is 1. The number of piperazine rings is 1. The lowest BCUT2D eigenvalue weighted by molar-refractivity contribution is -0.129. The lowest BCUT2D eigenvalue weighted by Crippen LogP contribution is -2.47. The molecule has 1 saturated carbocycles. The standard InChI is InChI=1S/C17H23N5O2S/c1-20-6-8-21(9-7-20)15(23)12-25-17-19-18-16(13-4-5-13)22(17)11-14-3-2-10-24-14/h2-3,10,13H,4-9,11-12H2,1H3. The highest BCUT2D eigenvalue weighted by Crippen LogP contribution is 2.40. The van der Waals surface area contributed by atoms with Crippen LogP contribution in [0.25, 0.3) is 0 Å². The zero-order chi connectivity index (χ0) is 17.2. The second kappa shape index (κ2) is 7.21. The minimum atomic E-state index is 0.179.